The van der Waals surface area contributed by atoms with E-state index < -0.39 is 5.60 Å². The van der Waals surface area contributed by atoms with Gasteiger partial charge in [0.25, 0.3) is 0 Å². The first-order valence-corrected chi connectivity index (χ1v) is 4.33. The average molecular weight is 175 g/mol. The molecule has 0 amide bonds. The molecule has 1 aromatic rings. The van der Waals surface area contributed by atoms with Crippen LogP contribution < -0.4 is 0 Å². The fourth-order valence-corrected chi connectivity index (χ4v) is 1.11. The van der Waals surface area contributed by atoms with Crippen molar-refractivity contribution in [2.45, 2.75) is 25.9 Å². The van der Waals surface area contributed by atoms with Crippen LogP contribution in [-0.2, 0) is 5.60 Å². The molecule has 0 aliphatic heterocycles. The molecule has 0 aromatic heterocycles. The van der Waals surface area contributed by atoms with Crippen molar-refractivity contribution in [3.8, 4) is 6.07 Å². The van der Waals surface area contributed by atoms with E-state index in [-0.39, 0.29) is 0 Å². The van der Waals surface area contributed by atoms with Gasteiger partial charge in [-0.25, -0.2) is 0 Å². The lowest BCUT2D eigenvalue weighted by molar-refractivity contribution is 0.0531. The molecule has 0 saturated carbocycles. The van der Waals surface area contributed by atoms with Crippen molar-refractivity contribution >= 4 is 0 Å². The minimum atomic E-state index is -0.784. The number of nitriles is 1. The van der Waals surface area contributed by atoms with Crippen LogP contribution in [0.3, 0.4) is 0 Å². The third kappa shape index (κ3) is 2.07. The maximum Gasteiger partial charge on any atom is 0.0991 e. The molecule has 0 aliphatic rings. The van der Waals surface area contributed by atoms with Gasteiger partial charge in [-0.2, -0.15) is 5.26 Å². The maximum absolute atomic E-state index is 9.88. The largest absolute Gasteiger partial charge is 0.385 e. The summed E-state index contributed by atoms with van der Waals surface area (Å²) in [5.41, 5.74) is 0.693. The average Bonchev–Trinajstić information content (AvgIpc) is 2.18. The minimum Gasteiger partial charge on any atom is -0.385 e. The third-order valence-electron chi connectivity index (χ3n) is 2.32. The Morgan fingerprint density at radius 2 is 1.92 bits per heavy atom. The molecule has 0 aliphatic carbocycles. The van der Waals surface area contributed by atoms with Gasteiger partial charge in [-0.3, -0.25) is 0 Å². The summed E-state index contributed by atoms with van der Waals surface area (Å²) >= 11 is 0. The molecular weight excluding hydrogens is 162 g/mol. The Balaban J connectivity index is 3.00. The van der Waals surface area contributed by atoms with E-state index in [2.05, 4.69) is 0 Å². The van der Waals surface area contributed by atoms with Crippen molar-refractivity contribution in [1.29, 1.82) is 5.26 Å². The molecule has 1 atom stereocenters. The van der Waals surface area contributed by atoms with E-state index in [1.807, 2.05) is 13.0 Å². The molecule has 1 N–H and O–H groups in total. The first-order valence-electron chi connectivity index (χ1n) is 4.33. The van der Waals surface area contributed by atoms with Gasteiger partial charge in [-0.15, -0.1) is 0 Å². The Morgan fingerprint density at radius 3 is 2.31 bits per heavy atom. The lowest BCUT2D eigenvalue weighted by atomic mass is 9.93. The molecule has 68 valence electrons. The van der Waals surface area contributed by atoms with E-state index in [0.29, 0.717) is 12.0 Å². The number of nitrogens with zero attached hydrogens (tertiary/aromatic N) is 1. The van der Waals surface area contributed by atoms with Crippen LogP contribution in [-0.4, -0.2) is 5.11 Å². The van der Waals surface area contributed by atoms with Gasteiger partial charge in [0, 0.05) is 0 Å². The van der Waals surface area contributed by atoms with Crippen molar-refractivity contribution in [2.24, 2.45) is 0 Å². The molecule has 0 saturated heterocycles. The topological polar surface area (TPSA) is 44.0 Å². The van der Waals surface area contributed by atoms with Crippen molar-refractivity contribution in [3.05, 3.63) is 35.4 Å². The molecule has 1 unspecified atom stereocenters. The smallest absolute Gasteiger partial charge is 0.0991 e. The summed E-state index contributed by atoms with van der Waals surface area (Å²) in [7, 11) is 0. The molecule has 0 spiro atoms. The van der Waals surface area contributed by atoms with E-state index in [4.69, 9.17) is 5.26 Å². The molecule has 1 rings (SSSR count). The summed E-state index contributed by atoms with van der Waals surface area (Å²) in [6.07, 6.45) is 0.666. The highest BCUT2D eigenvalue weighted by atomic mass is 16.3. The van der Waals surface area contributed by atoms with Crippen molar-refractivity contribution < 1.29 is 5.11 Å². The number of benzene rings is 1. The van der Waals surface area contributed by atoms with E-state index in [1.165, 1.54) is 0 Å². The summed E-state index contributed by atoms with van der Waals surface area (Å²) in [5.74, 6) is 0. The van der Waals surface area contributed by atoms with Crippen LogP contribution in [0.1, 0.15) is 31.4 Å². The Hall–Kier alpha value is -1.33. The third-order valence-corrected chi connectivity index (χ3v) is 2.32. The number of rotatable bonds is 2. The summed E-state index contributed by atoms with van der Waals surface area (Å²) in [6, 6.07) is 9.07. The number of hydrogen-bond acceptors (Lipinski definition) is 2. The zero-order valence-corrected chi connectivity index (χ0v) is 7.91. The summed E-state index contributed by atoms with van der Waals surface area (Å²) in [4.78, 5) is 0. The lowest BCUT2D eigenvalue weighted by Crippen LogP contribution is -2.19. The first-order chi connectivity index (χ1) is 6.10. The zero-order chi connectivity index (χ0) is 9.90. The van der Waals surface area contributed by atoms with Gasteiger partial charge in [0.2, 0.25) is 0 Å². The van der Waals surface area contributed by atoms with Gasteiger partial charge in [-0.05, 0) is 31.0 Å². The predicted octanol–water partition coefficient (Wildman–Crippen LogP) is 2.18. The second-order valence-electron chi connectivity index (χ2n) is 3.32. The van der Waals surface area contributed by atoms with Crippen LogP contribution in [0.25, 0.3) is 0 Å². The molecule has 0 radical (unpaired) electrons. The van der Waals surface area contributed by atoms with Gasteiger partial charge >= 0.3 is 0 Å². The highest BCUT2D eigenvalue weighted by Gasteiger charge is 2.19. The molecular formula is C11H13NO. The highest BCUT2D eigenvalue weighted by molar-refractivity contribution is 5.33. The SMILES string of the molecule is CCC(C)(O)c1ccc(C#N)cc1. The Morgan fingerprint density at radius 1 is 1.38 bits per heavy atom. The van der Waals surface area contributed by atoms with Crippen molar-refractivity contribution in [2.75, 3.05) is 0 Å². The predicted molar refractivity (Wildman–Crippen MR) is 51.0 cm³/mol. The fraction of sp³-hybridized carbons (Fsp3) is 0.364. The van der Waals surface area contributed by atoms with E-state index in [1.54, 1.807) is 31.2 Å². The monoisotopic (exact) mass is 175 g/mol. The quantitative estimate of drug-likeness (QED) is 0.748. The van der Waals surface area contributed by atoms with E-state index in [0.717, 1.165) is 5.56 Å². The van der Waals surface area contributed by atoms with Gasteiger partial charge < -0.3 is 5.11 Å². The summed E-state index contributed by atoms with van der Waals surface area (Å²) in [6.45, 7) is 3.70. The first kappa shape index (κ1) is 9.76. The minimum absolute atomic E-state index is 0.621. The second-order valence-corrected chi connectivity index (χ2v) is 3.32. The van der Waals surface area contributed by atoms with Crippen molar-refractivity contribution in [3.63, 3.8) is 0 Å². The summed E-state index contributed by atoms with van der Waals surface area (Å²) < 4.78 is 0. The Labute approximate surface area is 78.4 Å². The molecule has 0 bridgehead atoms. The maximum atomic E-state index is 9.88. The van der Waals surface area contributed by atoms with Crippen molar-refractivity contribution in [1.82, 2.24) is 0 Å². The van der Waals surface area contributed by atoms with Crippen LogP contribution in [0.15, 0.2) is 24.3 Å². The lowest BCUT2D eigenvalue weighted by Gasteiger charge is -2.21. The molecule has 1 aromatic carbocycles. The Kier molecular flexibility index (Phi) is 2.69. The van der Waals surface area contributed by atoms with Crippen LogP contribution in [0.4, 0.5) is 0 Å². The van der Waals surface area contributed by atoms with Crippen LogP contribution >= 0.6 is 0 Å². The van der Waals surface area contributed by atoms with Crippen LogP contribution in [0.5, 0.6) is 0 Å². The standard InChI is InChI=1S/C11H13NO/c1-3-11(2,13)10-6-4-9(8-12)5-7-10/h4-7,13H,3H2,1-2H3. The number of aliphatic hydroxyl groups is 1. The number of hydrogen-bond donors (Lipinski definition) is 1. The van der Waals surface area contributed by atoms with Crippen LogP contribution in [0.2, 0.25) is 0 Å². The molecule has 2 heteroatoms. The molecule has 13 heavy (non-hydrogen) atoms. The summed E-state index contributed by atoms with van der Waals surface area (Å²) in [5, 5.41) is 18.5. The van der Waals surface area contributed by atoms with Gasteiger partial charge in [0.05, 0.1) is 17.2 Å². The molecule has 2 nitrogen and oxygen atoms in total. The highest BCUT2D eigenvalue weighted by Crippen LogP contribution is 2.23. The zero-order valence-electron chi connectivity index (χ0n) is 7.91. The fourth-order valence-electron chi connectivity index (χ4n) is 1.11. The van der Waals surface area contributed by atoms with Gasteiger partial charge in [0.1, 0.15) is 0 Å². The van der Waals surface area contributed by atoms with Gasteiger partial charge in [0.15, 0.2) is 0 Å². The van der Waals surface area contributed by atoms with E-state index >= 15 is 0 Å². The van der Waals surface area contributed by atoms with Crippen LogP contribution in [0, 0.1) is 11.3 Å². The van der Waals surface area contributed by atoms with E-state index in [9.17, 15) is 5.11 Å². The normalized spacial score (nSPS) is 14.6. The second kappa shape index (κ2) is 3.59. The van der Waals surface area contributed by atoms with Gasteiger partial charge in [-0.1, -0.05) is 19.1 Å². The molecule has 0 fully saturated rings. The Bertz CT molecular complexity index is 319. The molecule has 0 heterocycles.